The molecule has 0 bridgehead atoms. The number of hydrogen-bond acceptors (Lipinski definition) is 5. The molecule has 0 aromatic heterocycles. The molecular weight excluding hydrogens is 477 g/mol. The minimum Gasteiger partial charge on any atom is -0.494 e. The SMILES string of the molecule is CCCCOc1ccc2c(OCCCC)ccc(C3CCCS3)c2c1.O=S(=O)(O)C(F)(F)F. The van der Waals surface area contributed by atoms with Crippen LogP contribution in [-0.2, 0) is 10.1 Å². The van der Waals surface area contributed by atoms with Gasteiger partial charge < -0.3 is 9.47 Å². The van der Waals surface area contributed by atoms with E-state index in [4.69, 9.17) is 22.4 Å². The van der Waals surface area contributed by atoms with Crippen LogP contribution in [0.1, 0.15) is 63.2 Å². The van der Waals surface area contributed by atoms with E-state index in [2.05, 4.69) is 55.9 Å². The Morgan fingerprint density at radius 2 is 1.67 bits per heavy atom. The van der Waals surface area contributed by atoms with Gasteiger partial charge in [0.05, 0.1) is 13.2 Å². The summed E-state index contributed by atoms with van der Waals surface area (Å²) in [4.78, 5) is 0. The van der Waals surface area contributed by atoms with E-state index in [0.717, 1.165) is 50.4 Å². The Balaban J connectivity index is 0.000000414. The van der Waals surface area contributed by atoms with Gasteiger partial charge in [-0.25, -0.2) is 0 Å². The van der Waals surface area contributed by atoms with E-state index < -0.39 is 15.6 Å². The lowest BCUT2D eigenvalue weighted by atomic mass is 9.99. The van der Waals surface area contributed by atoms with Crippen LogP contribution in [0.15, 0.2) is 30.3 Å². The highest BCUT2D eigenvalue weighted by Crippen LogP contribution is 2.44. The summed E-state index contributed by atoms with van der Waals surface area (Å²) < 4.78 is 69.6. The van der Waals surface area contributed by atoms with Gasteiger partial charge in [0.2, 0.25) is 0 Å². The zero-order valence-corrected chi connectivity index (χ0v) is 20.5. The van der Waals surface area contributed by atoms with Crippen LogP contribution >= 0.6 is 11.8 Å². The molecule has 0 radical (unpaired) electrons. The van der Waals surface area contributed by atoms with Crippen molar-refractivity contribution in [3.8, 4) is 11.5 Å². The molecule has 10 heteroatoms. The van der Waals surface area contributed by atoms with Crippen LogP contribution in [0.3, 0.4) is 0 Å². The summed E-state index contributed by atoms with van der Waals surface area (Å²) in [5, 5.41) is 3.14. The fourth-order valence-corrected chi connectivity index (χ4v) is 4.64. The summed E-state index contributed by atoms with van der Waals surface area (Å²) in [5.41, 5.74) is -4.09. The molecule has 1 aliphatic rings. The minimum absolute atomic E-state index is 0.609. The number of benzene rings is 2. The molecule has 2 aromatic rings. The van der Waals surface area contributed by atoms with E-state index in [-0.39, 0.29) is 0 Å². The Morgan fingerprint density at radius 1 is 1.03 bits per heavy atom. The maximum absolute atomic E-state index is 10.7. The van der Waals surface area contributed by atoms with Crippen LogP contribution in [0.2, 0.25) is 0 Å². The van der Waals surface area contributed by atoms with E-state index in [1.807, 2.05) is 0 Å². The Labute approximate surface area is 197 Å². The number of alkyl halides is 3. The zero-order chi connectivity index (χ0) is 24.5. The Kier molecular flexibility index (Phi) is 10.6. The van der Waals surface area contributed by atoms with Gasteiger partial charge in [-0.15, -0.1) is 0 Å². The molecule has 1 N–H and O–H groups in total. The maximum Gasteiger partial charge on any atom is 0.522 e. The lowest BCUT2D eigenvalue weighted by Crippen LogP contribution is -2.21. The highest BCUT2D eigenvalue weighted by molar-refractivity contribution is 7.99. The predicted octanol–water partition coefficient (Wildman–Crippen LogP) is 7.16. The van der Waals surface area contributed by atoms with Gasteiger partial charge in [-0.2, -0.15) is 33.4 Å². The van der Waals surface area contributed by atoms with Gasteiger partial charge in [-0.1, -0.05) is 32.8 Å². The summed E-state index contributed by atoms with van der Waals surface area (Å²) >= 11 is 2.08. The number of fused-ring (bicyclic) bond motifs is 1. The first-order valence-electron chi connectivity index (χ1n) is 11.1. The lowest BCUT2D eigenvalue weighted by Gasteiger charge is -2.17. The number of halogens is 3. The highest BCUT2D eigenvalue weighted by Gasteiger charge is 2.44. The molecule has 1 heterocycles. The van der Waals surface area contributed by atoms with Crippen LogP contribution in [0, 0.1) is 0 Å². The Morgan fingerprint density at radius 3 is 2.21 bits per heavy atom. The lowest BCUT2D eigenvalue weighted by molar-refractivity contribution is -0.0510. The van der Waals surface area contributed by atoms with E-state index in [1.54, 1.807) is 0 Å². The summed E-state index contributed by atoms with van der Waals surface area (Å²) in [6.07, 6.45) is 7.11. The van der Waals surface area contributed by atoms with Gasteiger partial charge in [0.1, 0.15) is 11.5 Å². The summed E-state index contributed by atoms with van der Waals surface area (Å²) in [5.74, 6) is 3.26. The van der Waals surface area contributed by atoms with Crippen molar-refractivity contribution in [2.75, 3.05) is 19.0 Å². The third kappa shape index (κ3) is 8.26. The van der Waals surface area contributed by atoms with E-state index >= 15 is 0 Å². The molecule has 0 aliphatic carbocycles. The van der Waals surface area contributed by atoms with Crippen molar-refractivity contribution in [3.05, 3.63) is 35.9 Å². The second-order valence-electron chi connectivity index (χ2n) is 7.69. The van der Waals surface area contributed by atoms with Gasteiger partial charge in [0, 0.05) is 10.6 Å². The molecule has 0 saturated carbocycles. The molecular formula is C23H31F3O5S2. The monoisotopic (exact) mass is 508 g/mol. The maximum atomic E-state index is 10.7. The molecule has 1 unspecified atom stereocenters. The van der Waals surface area contributed by atoms with Crippen LogP contribution in [0.25, 0.3) is 10.8 Å². The van der Waals surface area contributed by atoms with Crippen LogP contribution < -0.4 is 9.47 Å². The molecule has 33 heavy (non-hydrogen) atoms. The van der Waals surface area contributed by atoms with Gasteiger partial charge in [0.15, 0.2) is 0 Å². The average Bonchev–Trinajstić information content (AvgIpc) is 3.28. The second kappa shape index (κ2) is 12.7. The van der Waals surface area contributed by atoms with Gasteiger partial charge in [-0.05, 0) is 66.7 Å². The summed E-state index contributed by atoms with van der Waals surface area (Å²) in [6.45, 7) is 5.97. The molecule has 1 saturated heterocycles. The largest absolute Gasteiger partial charge is 0.522 e. The van der Waals surface area contributed by atoms with E-state index in [0.29, 0.717) is 5.25 Å². The topological polar surface area (TPSA) is 72.8 Å². The van der Waals surface area contributed by atoms with Crippen molar-refractivity contribution >= 4 is 32.7 Å². The molecule has 1 atom stereocenters. The Bertz CT molecular complexity index is 987. The predicted molar refractivity (Wildman–Crippen MR) is 127 cm³/mol. The Hall–Kier alpha value is -1.65. The van der Waals surface area contributed by atoms with Gasteiger partial charge in [0.25, 0.3) is 0 Å². The highest BCUT2D eigenvalue weighted by atomic mass is 32.2. The molecule has 1 fully saturated rings. The summed E-state index contributed by atoms with van der Waals surface area (Å²) in [7, 11) is -5.84. The normalized spacial score (nSPS) is 16.4. The standard InChI is InChI=1S/C22H30O2S.CHF3O3S/c1-3-5-13-23-17-9-10-18-20(16-17)19(22-8-7-15-25-22)11-12-21(18)24-14-6-4-2;2-1(3,4)8(5,6)7/h9-12,16,22H,3-8,13-15H2,1-2H3;(H,5,6,7). The minimum atomic E-state index is -5.84. The van der Waals surface area contributed by atoms with Crippen molar-refractivity contribution in [1.29, 1.82) is 0 Å². The van der Waals surface area contributed by atoms with Crippen LogP contribution in [-0.4, -0.2) is 37.4 Å². The quantitative estimate of drug-likeness (QED) is 0.220. The van der Waals surface area contributed by atoms with E-state index in [9.17, 15) is 13.2 Å². The van der Waals surface area contributed by atoms with Crippen molar-refractivity contribution in [2.24, 2.45) is 0 Å². The molecule has 1 aliphatic heterocycles. The summed E-state index contributed by atoms with van der Waals surface area (Å²) in [6, 6.07) is 11.0. The fraction of sp³-hybridized carbons (Fsp3) is 0.565. The number of unbranched alkanes of at least 4 members (excludes halogenated alkanes) is 2. The van der Waals surface area contributed by atoms with Crippen molar-refractivity contribution in [1.82, 2.24) is 0 Å². The first kappa shape index (κ1) is 27.6. The van der Waals surface area contributed by atoms with Gasteiger partial charge in [-0.3, -0.25) is 4.55 Å². The van der Waals surface area contributed by atoms with Crippen molar-refractivity contribution < 1.29 is 35.6 Å². The first-order chi connectivity index (χ1) is 15.6. The third-order valence-corrected chi connectivity index (χ3v) is 7.07. The van der Waals surface area contributed by atoms with Crippen molar-refractivity contribution in [2.45, 2.75) is 63.1 Å². The average molecular weight is 509 g/mol. The third-order valence-electron chi connectivity index (χ3n) is 5.07. The smallest absolute Gasteiger partial charge is 0.494 e. The molecule has 0 spiro atoms. The first-order valence-corrected chi connectivity index (χ1v) is 13.5. The molecule has 5 nitrogen and oxygen atoms in total. The second-order valence-corrected chi connectivity index (χ2v) is 10.4. The molecule has 2 aromatic carbocycles. The van der Waals surface area contributed by atoms with Crippen LogP contribution in [0.5, 0.6) is 11.5 Å². The van der Waals surface area contributed by atoms with E-state index in [1.165, 1.54) is 34.9 Å². The number of rotatable bonds is 9. The molecule has 3 rings (SSSR count). The molecule has 186 valence electrons. The molecule has 0 amide bonds. The number of thioether (sulfide) groups is 1. The number of ether oxygens (including phenoxy) is 2. The van der Waals surface area contributed by atoms with Gasteiger partial charge >= 0.3 is 15.6 Å². The number of hydrogen-bond donors (Lipinski definition) is 1. The zero-order valence-electron chi connectivity index (χ0n) is 18.9. The van der Waals surface area contributed by atoms with Crippen molar-refractivity contribution in [3.63, 3.8) is 0 Å². The van der Waals surface area contributed by atoms with Crippen LogP contribution in [0.4, 0.5) is 13.2 Å². The fourth-order valence-electron chi connectivity index (χ4n) is 3.30.